The molecule has 0 aliphatic rings. The molecular weight excluding hydrogens is 247 g/mol. The lowest BCUT2D eigenvalue weighted by Crippen LogP contribution is -2.44. The Kier molecular flexibility index (Phi) is 4.58. The van der Waals surface area contributed by atoms with Gasteiger partial charge in [0.15, 0.2) is 0 Å². The summed E-state index contributed by atoms with van der Waals surface area (Å²) in [6.45, 7) is 0.859. The minimum Gasteiger partial charge on any atom is -0.445 e. The number of hydrogen-bond donors (Lipinski definition) is 0. The molecule has 0 saturated carbocycles. The molecular formula is C12H14F3NO2. The minimum absolute atomic E-state index is 0.0470. The maximum Gasteiger partial charge on any atom is 0.410 e. The maximum atomic E-state index is 12.4. The number of rotatable bonds is 3. The summed E-state index contributed by atoms with van der Waals surface area (Å²) in [7, 11) is 1.06. The van der Waals surface area contributed by atoms with E-state index in [0.717, 1.165) is 19.5 Å². The van der Waals surface area contributed by atoms with E-state index < -0.39 is 18.3 Å². The fourth-order valence-electron chi connectivity index (χ4n) is 1.20. The second-order valence-corrected chi connectivity index (χ2v) is 3.87. The number of ether oxygens (including phenoxy) is 1. The van der Waals surface area contributed by atoms with E-state index >= 15 is 0 Å². The van der Waals surface area contributed by atoms with Crippen LogP contribution in [0.25, 0.3) is 0 Å². The van der Waals surface area contributed by atoms with Gasteiger partial charge >= 0.3 is 12.3 Å². The molecule has 1 amide bonds. The average Bonchev–Trinajstić information content (AvgIpc) is 2.34. The Morgan fingerprint density at radius 2 is 1.89 bits per heavy atom. The molecule has 1 aromatic rings. The van der Waals surface area contributed by atoms with Crippen LogP contribution in [0.15, 0.2) is 30.3 Å². The molecule has 0 heterocycles. The first-order valence-electron chi connectivity index (χ1n) is 5.32. The van der Waals surface area contributed by atoms with E-state index in [1.807, 2.05) is 0 Å². The van der Waals surface area contributed by atoms with Crippen molar-refractivity contribution >= 4 is 6.09 Å². The molecule has 1 atom stereocenters. The van der Waals surface area contributed by atoms with Crippen LogP contribution in [-0.4, -0.2) is 30.3 Å². The van der Waals surface area contributed by atoms with E-state index in [1.165, 1.54) is 0 Å². The molecule has 0 aliphatic carbocycles. The average molecular weight is 261 g/mol. The molecule has 0 radical (unpaired) electrons. The van der Waals surface area contributed by atoms with Crippen molar-refractivity contribution in [2.24, 2.45) is 0 Å². The zero-order chi connectivity index (χ0) is 13.8. The predicted molar refractivity (Wildman–Crippen MR) is 59.9 cm³/mol. The number of amides is 1. The first-order valence-corrected chi connectivity index (χ1v) is 5.32. The second-order valence-electron chi connectivity index (χ2n) is 3.87. The molecule has 0 aliphatic heterocycles. The van der Waals surface area contributed by atoms with E-state index in [-0.39, 0.29) is 6.61 Å². The van der Waals surface area contributed by atoms with E-state index in [0.29, 0.717) is 4.90 Å². The summed E-state index contributed by atoms with van der Waals surface area (Å²) in [6, 6.07) is 6.88. The van der Waals surface area contributed by atoms with Crippen molar-refractivity contribution in [1.29, 1.82) is 0 Å². The third kappa shape index (κ3) is 3.94. The lowest BCUT2D eigenvalue weighted by molar-refractivity contribution is -0.171. The van der Waals surface area contributed by atoms with Crippen molar-refractivity contribution in [3.8, 4) is 0 Å². The van der Waals surface area contributed by atoms with Crippen LogP contribution in [0.3, 0.4) is 0 Å². The molecule has 1 rings (SSSR count). The van der Waals surface area contributed by atoms with Gasteiger partial charge in [0.1, 0.15) is 12.6 Å². The molecule has 0 fully saturated rings. The molecule has 1 unspecified atom stereocenters. The van der Waals surface area contributed by atoms with Crippen LogP contribution in [0.4, 0.5) is 18.0 Å². The first-order chi connectivity index (χ1) is 8.32. The van der Waals surface area contributed by atoms with Crippen LogP contribution >= 0.6 is 0 Å². The Morgan fingerprint density at radius 3 is 2.39 bits per heavy atom. The fraction of sp³-hybridized carbons (Fsp3) is 0.417. The summed E-state index contributed by atoms with van der Waals surface area (Å²) in [5, 5.41) is 0. The Labute approximate surface area is 103 Å². The molecule has 0 saturated heterocycles. The van der Waals surface area contributed by atoms with Crippen LogP contribution in [0, 0.1) is 0 Å². The molecule has 0 aromatic heterocycles. The summed E-state index contributed by atoms with van der Waals surface area (Å²) in [6.07, 6.45) is -5.45. The van der Waals surface area contributed by atoms with Gasteiger partial charge in [-0.3, -0.25) is 4.90 Å². The normalized spacial score (nSPS) is 12.9. The molecule has 100 valence electrons. The van der Waals surface area contributed by atoms with E-state index in [2.05, 4.69) is 0 Å². The molecule has 18 heavy (non-hydrogen) atoms. The van der Waals surface area contributed by atoms with Crippen molar-refractivity contribution in [3.05, 3.63) is 35.9 Å². The molecule has 0 spiro atoms. The smallest absolute Gasteiger partial charge is 0.410 e. The van der Waals surface area contributed by atoms with E-state index in [1.54, 1.807) is 30.3 Å². The highest BCUT2D eigenvalue weighted by Gasteiger charge is 2.41. The molecule has 0 bridgehead atoms. The predicted octanol–water partition coefficient (Wildman–Crippen LogP) is 3.21. The van der Waals surface area contributed by atoms with Crippen molar-refractivity contribution in [2.45, 2.75) is 25.7 Å². The molecule has 6 heteroatoms. The largest absolute Gasteiger partial charge is 0.445 e. The van der Waals surface area contributed by atoms with Gasteiger partial charge < -0.3 is 4.74 Å². The molecule has 3 nitrogen and oxygen atoms in total. The number of nitrogens with zero attached hydrogens (tertiary/aromatic N) is 1. The summed E-state index contributed by atoms with van der Waals surface area (Å²) in [5.41, 5.74) is 0.721. The van der Waals surface area contributed by atoms with Crippen LogP contribution in [0.2, 0.25) is 0 Å². The maximum absolute atomic E-state index is 12.4. The highest BCUT2D eigenvalue weighted by Crippen LogP contribution is 2.24. The summed E-state index contributed by atoms with van der Waals surface area (Å²) in [4.78, 5) is 11.9. The van der Waals surface area contributed by atoms with Gasteiger partial charge in [0.2, 0.25) is 0 Å². The Hall–Kier alpha value is -1.72. The van der Waals surface area contributed by atoms with Gasteiger partial charge in [0.25, 0.3) is 0 Å². The van der Waals surface area contributed by atoms with Gasteiger partial charge in [0, 0.05) is 7.05 Å². The van der Waals surface area contributed by atoms with Crippen molar-refractivity contribution in [2.75, 3.05) is 7.05 Å². The minimum atomic E-state index is -4.46. The fourth-order valence-corrected chi connectivity index (χ4v) is 1.20. The highest BCUT2D eigenvalue weighted by atomic mass is 19.4. The number of carbonyl (C=O) groups excluding carboxylic acids is 1. The lowest BCUT2D eigenvalue weighted by atomic mass is 10.2. The van der Waals surface area contributed by atoms with E-state index in [4.69, 9.17) is 4.74 Å². The second kappa shape index (κ2) is 5.75. The highest BCUT2D eigenvalue weighted by molar-refractivity contribution is 5.67. The molecule has 0 N–H and O–H groups in total. The quantitative estimate of drug-likeness (QED) is 0.836. The van der Waals surface area contributed by atoms with Crippen molar-refractivity contribution < 1.29 is 22.7 Å². The van der Waals surface area contributed by atoms with Gasteiger partial charge in [-0.25, -0.2) is 4.79 Å². The summed E-state index contributed by atoms with van der Waals surface area (Å²) >= 11 is 0. The van der Waals surface area contributed by atoms with Crippen molar-refractivity contribution in [1.82, 2.24) is 4.90 Å². The molecule has 1 aromatic carbocycles. The van der Waals surface area contributed by atoms with Crippen LogP contribution in [0.1, 0.15) is 12.5 Å². The Morgan fingerprint density at radius 1 is 1.33 bits per heavy atom. The monoisotopic (exact) mass is 261 g/mol. The topological polar surface area (TPSA) is 29.5 Å². The third-order valence-corrected chi connectivity index (χ3v) is 2.55. The third-order valence-electron chi connectivity index (χ3n) is 2.55. The standard InChI is InChI=1S/C12H14F3NO2/c1-9(12(13,14)15)16(2)11(17)18-8-10-6-4-3-5-7-10/h3-7,9H,8H2,1-2H3. The number of benzene rings is 1. The van der Waals surface area contributed by atoms with Crippen LogP contribution in [-0.2, 0) is 11.3 Å². The van der Waals surface area contributed by atoms with Crippen molar-refractivity contribution in [3.63, 3.8) is 0 Å². The van der Waals surface area contributed by atoms with E-state index in [9.17, 15) is 18.0 Å². The number of alkyl halides is 3. The Bertz CT molecular complexity index is 392. The first kappa shape index (κ1) is 14.3. The van der Waals surface area contributed by atoms with Crippen LogP contribution in [0.5, 0.6) is 0 Å². The number of carbonyl (C=O) groups is 1. The van der Waals surface area contributed by atoms with Crippen LogP contribution < -0.4 is 0 Å². The van der Waals surface area contributed by atoms with Gasteiger partial charge in [-0.15, -0.1) is 0 Å². The van der Waals surface area contributed by atoms with Gasteiger partial charge in [0.05, 0.1) is 0 Å². The zero-order valence-corrected chi connectivity index (χ0v) is 10.1. The number of hydrogen-bond acceptors (Lipinski definition) is 2. The van der Waals surface area contributed by atoms with Gasteiger partial charge in [-0.1, -0.05) is 30.3 Å². The van der Waals surface area contributed by atoms with Gasteiger partial charge in [-0.2, -0.15) is 13.2 Å². The summed E-state index contributed by atoms with van der Waals surface area (Å²) in [5.74, 6) is 0. The SMILES string of the molecule is CC(N(C)C(=O)OCc1ccccc1)C(F)(F)F. The zero-order valence-electron chi connectivity index (χ0n) is 10.1. The lowest BCUT2D eigenvalue weighted by Gasteiger charge is -2.26. The number of halogens is 3. The summed E-state index contributed by atoms with van der Waals surface area (Å²) < 4.78 is 41.9. The van der Waals surface area contributed by atoms with Gasteiger partial charge in [-0.05, 0) is 12.5 Å². The Balaban J connectivity index is 2.51.